The highest BCUT2D eigenvalue weighted by Crippen LogP contribution is 2.43. The average molecular weight is 337 g/mol. The Morgan fingerprint density at radius 1 is 1.33 bits per heavy atom. The van der Waals surface area contributed by atoms with Gasteiger partial charge in [-0.3, -0.25) is 9.78 Å². The maximum absolute atomic E-state index is 13.3. The summed E-state index contributed by atoms with van der Waals surface area (Å²) >= 11 is 0. The van der Waals surface area contributed by atoms with Crippen molar-refractivity contribution >= 4 is 5.91 Å². The molecule has 2 atom stereocenters. The molecular formula is C17H24FN3O3. The summed E-state index contributed by atoms with van der Waals surface area (Å²) in [6.45, 7) is 0.286. The van der Waals surface area contributed by atoms with Crippen LogP contribution in [-0.2, 0) is 4.79 Å². The van der Waals surface area contributed by atoms with Crippen molar-refractivity contribution in [3.8, 4) is 5.88 Å². The van der Waals surface area contributed by atoms with E-state index in [1.165, 1.54) is 38.5 Å². The zero-order valence-electron chi connectivity index (χ0n) is 13.7. The third-order valence-electron chi connectivity index (χ3n) is 5.18. The minimum absolute atomic E-state index is 0.317. The highest BCUT2D eigenvalue weighted by molar-refractivity contribution is 5.77. The first kappa shape index (κ1) is 16.9. The Balaban J connectivity index is 1.37. The first-order valence-corrected chi connectivity index (χ1v) is 8.74. The van der Waals surface area contributed by atoms with Crippen molar-refractivity contribution < 1.29 is 13.9 Å². The SMILES string of the molecule is O=C(COc1[nH]c(=O)ncc1F)NCCC1CC2CCCC(C2)C1. The number of nitrogens with one attached hydrogen (secondary N) is 2. The molecule has 2 bridgehead atoms. The first-order valence-electron chi connectivity index (χ1n) is 8.74. The highest BCUT2D eigenvalue weighted by Gasteiger charge is 2.31. The molecule has 0 aliphatic heterocycles. The lowest BCUT2D eigenvalue weighted by molar-refractivity contribution is -0.123. The number of nitrogens with zero attached hydrogens (tertiary/aromatic N) is 1. The lowest BCUT2D eigenvalue weighted by Crippen LogP contribution is -2.33. The normalized spacial score (nSPS) is 26.0. The van der Waals surface area contributed by atoms with Crippen molar-refractivity contribution in [1.29, 1.82) is 0 Å². The highest BCUT2D eigenvalue weighted by atomic mass is 19.1. The molecule has 3 rings (SSSR count). The molecule has 132 valence electrons. The fourth-order valence-corrected chi connectivity index (χ4v) is 4.18. The van der Waals surface area contributed by atoms with Crippen LogP contribution in [0.2, 0.25) is 0 Å². The predicted octanol–water partition coefficient (Wildman–Crippen LogP) is 2.01. The quantitative estimate of drug-likeness (QED) is 0.832. The average Bonchev–Trinajstić information content (AvgIpc) is 2.55. The van der Waals surface area contributed by atoms with Gasteiger partial charge in [-0.15, -0.1) is 0 Å². The van der Waals surface area contributed by atoms with Crippen LogP contribution in [-0.4, -0.2) is 29.0 Å². The lowest BCUT2D eigenvalue weighted by Gasteiger charge is -2.39. The molecule has 2 aliphatic carbocycles. The molecule has 24 heavy (non-hydrogen) atoms. The van der Waals surface area contributed by atoms with Gasteiger partial charge in [-0.2, -0.15) is 9.37 Å². The predicted molar refractivity (Wildman–Crippen MR) is 86.1 cm³/mol. The van der Waals surface area contributed by atoms with Crippen LogP contribution in [0.5, 0.6) is 5.88 Å². The second-order valence-corrected chi connectivity index (χ2v) is 7.03. The van der Waals surface area contributed by atoms with Crippen molar-refractivity contribution in [3.63, 3.8) is 0 Å². The van der Waals surface area contributed by atoms with Crippen LogP contribution >= 0.6 is 0 Å². The lowest BCUT2D eigenvalue weighted by atomic mass is 9.67. The Labute approximate surface area is 140 Å². The Bertz CT molecular complexity index is 622. The van der Waals surface area contributed by atoms with E-state index in [9.17, 15) is 14.0 Å². The molecule has 1 aromatic rings. The summed E-state index contributed by atoms with van der Waals surface area (Å²) in [6.07, 6.45) is 9.83. The van der Waals surface area contributed by atoms with Gasteiger partial charge in [0.2, 0.25) is 11.7 Å². The monoisotopic (exact) mass is 337 g/mol. The van der Waals surface area contributed by atoms with Crippen LogP contribution in [0, 0.1) is 23.6 Å². The van der Waals surface area contributed by atoms with Gasteiger partial charge in [0, 0.05) is 6.54 Å². The minimum Gasteiger partial charge on any atom is -0.467 e. The van der Waals surface area contributed by atoms with E-state index in [4.69, 9.17) is 4.74 Å². The molecule has 0 spiro atoms. The van der Waals surface area contributed by atoms with Crippen molar-refractivity contribution in [2.75, 3.05) is 13.2 Å². The van der Waals surface area contributed by atoms with E-state index >= 15 is 0 Å². The van der Waals surface area contributed by atoms with E-state index in [0.717, 1.165) is 24.5 Å². The summed E-state index contributed by atoms with van der Waals surface area (Å²) in [6, 6.07) is 0. The molecule has 6 nitrogen and oxygen atoms in total. The molecule has 2 aliphatic rings. The summed E-state index contributed by atoms with van der Waals surface area (Å²) in [5.74, 6) is 0.995. The Kier molecular flexibility index (Phi) is 5.48. The van der Waals surface area contributed by atoms with E-state index in [-0.39, 0.29) is 18.4 Å². The second-order valence-electron chi connectivity index (χ2n) is 7.03. The van der Waals surface area contributed by atoms with Gasteiger partial charge < -0.3 is 10.1 Å². The van der Waals surface area contributed by atoms with Gasteiger partial charge in [-0.25, -0.2) is 4.79 Å². The van der Waals surface area contributed by atoms with Crippen LogP contribution in [0.15, 0.2) is 11.0 Å². The van der Waals surface area contributed by atoms with Gasteiger partial charge >= 0.3 is 5.69 Å². The van der Waals surface area contributed by atoms with E-state index in [2.05, 4.69) is 15.3 Å². The maximum Gasteiger partial charge on any atom is 0.347 e. The van der Waals surface area contributed by atoms with Crippen LogP contribution in [0.4, 0.5) is 4.39 Å². The Hall–Kier alpha value is -1.92. The van der Waals surface area contributed by atoms with Gasteiger partial charge in [-0.05, 0) is 43.4 Å². The van der Waals surface area contributed by atoms with Gasteiger partial charge in [0.1, 0.15) is 0 Å². The first-order chi connectivity index (χ1) is 11.6. The molecule has 2 fully saturated rings. The van der Waals surface area contributed by atoms with E-state index in [1.54, 1.807) is 0 Å². The minimum atomic E-state index is -0.795. The number of aromatic amines is 1. The molecule has 2 N–H and O–H groups in total. The Morgan fingerprint density at radius 3 is 2.83 bits per heavy atom. The number of amides is 1. The fourth-order valence-electron chi connectivity index (χ4n) is 4.18. The van der Waals surface area contributed by atoms with Crippen LogP contribution in [0.1, 0.15) is 44.9 Å². The largest absolute Gasteiger partial charge is 0.467 e. The summed E-state index contributed by atoms with van der Waals surface area (Å²) in [5.41, 5.74) is -0.713. The number of carbonyl (C=O) groups excluding carboxylic acids is 1. The smallest absolute Gasteiger partial charge is 0.347 e. The number of aromatic nitrogens is 2. The van der Waals surface area contributed by atoms with E-state index < -0.39 is 11.5 Å². The molecule has 2 saturated carbocycles. The molecule has 1 amide bonds. The topological polar surface area (TPSA) is 84.1 Å². The van der Waals surface area contributed by atoms with E-state index in [1.807, 2.05) is 0 Å². The zero-order valence-corrected chi connectivity index (χ0v) is 13.7. The number of fused-ring (bicyclic) bond motifs is 2. The fraction of sp³-hybridized carbons (Fsp3) is 0.706. The van der Waals surface area contributed by atoms with E-state index in [0.29, 0.717) is 12.5 Å². The third kappa shape index (κ3) is 4.55. The van der Waals surface area contributed by atoms with Gasteiger partial charge in [0.25, 0.3) is 5.91 Å². The molecule has 7 heteroatoms. The van der Waals surface area contributed by atoms with Crippen LogP contribution in [0.25, 0.3) is 0 Å². The third-order valence-corrected chi connectivity index (χ3v) is 5.18. The van der Waals surface area contributed by atoms with Gasteiger partial charge in [0.15, 0.2) is 6.61 Å². The summed E-state index contributed by atoms with van der Waals surface area (Å²) in [4.78, 5) is 28.1. The number of hydrogen-bond donors (Lipinski definition) is 2. The second kappa shape index (κ2) is 7.77. The number of ether oxygens (including phenoxy) is 1. The molecular weight excluding hydrogens is 313 g/mol. The number of halogens is 1. The number of H-pyrrole nitrogens is 1. The van der Waals surface area contributed by atoms with Crippen molar-refractivity contribution in [2.45, 2.75) is 44.9 Å². The molecule has 0 aromatic carbocycles. The van der Waals surface area contributed by atoms with Crippen molar-refractivity contribution in [1.82, 2.24) is 15.3 Å². The van der Waals surface area contributed by atoms with Crippen molar-refractivity contribution in [2.24, 2.45) is 17.8 Å². The molecule has 0 radical (unpaired) electrons. The van der Waals surface area contributed by atoms with Gasteiger partial charge in [0.05, 0.1) is 6.20 Å². The summed E-state index contributed by atoms with van der Waals surface area (Å²) in [5, 5.41) is 2.81. The van der Waals surface area contributed by atoms with Crippen LogP contribution in [0.3, 0.4) is 0 Å². The zero-order chi connectivity index (χ0) is 16.9. The molecule has 2 unspecified atom stereocenters. The number of carbonyl (C=O) groups is 1. The maximum atomic E-state index is 13.3. The standard InChI is InChI=1S/C17H24FN3O3/c18-14-9-20-17(23)21-16(14)24-10-15(22)19-5-4-13-7-11-2-1-3-12(6-11)8-13/h9,11-13H,1-8,10H2,(H,19,22)(H,20,21,23). The summed E-state index contributed by atoms with van der Waals surface area (Å²) < 4.78 is 18.3. The van der Waals surface area contributed by atoms with Crippen molar-refractivity contribution in [3.05, 3.63) is 22.5 Å². The Morgan fingerprint density at radius 2 is 2.08 bits per heavy atom. The molecule has 1 heterocycles. The summed E-state index contributed by atoms with van der Waals surface area (Å²) in [7, 11) is 0. The number of hydrogen-bond acceptors (Lipinski definition) is 4. The number of rotatable bonds is 6. The van der Waals surface area contributed by atoms with Crippen LogP contribution < -0.4 is 15.7 Å². The molecule has 0 saturated heterocycles. The van der Waals surface area contributed by atoms with Gasteiger partial charge in [-0.1, -0.05) is 19.3 Å². The molecule has 1 aromatic heterocycles.